The van der Waals surface area contributed by atoms with Gasteiger partial charge in [-0.3, -0.25) is 4.90 Å². The van der Waals surface area contributed by atoms with E-state index in [2.05, 4.69) is 10.2 Å². The van der Waals surface area contributed by atoms with Crippen LogP contribution < -0.4 is 5.32 Å². The molecule has 2 fully saturated rings. The molecule has 1 heterocycles. The predicted molar refractivity (Wildman–Crippen MR) is 81.6 cm³/mol. The third-order valence-electron chi connectivity index (χ3n) is 3.84. The Hall–Kier alpha value is -0.970. The fourth-order valence-electron chi connectivity index (χ4n) is 2.51. The van der Waals surface area contributed by atoms with Crippen LogP contribution in [0.5, 0.6) is 0 Å². The maximum absolute atomic E-state index is 12.2. The summed E-state index contributed by atoms with van der Waals surface area (Å²) in [5.74, 6) is 0. The van der Waals surface area contributed by atoms with Crippen molar-refractivity contribution in [2.45, 2.75) is 18.9 Å². The van der Waals surface area contributed by atoms with Crippen molar-refractivity contribution in [2.24, 2.45) is 0 Å². The van der Waals surface area contributed by atoms with Crippen molar-refractivity contribution in [3.8, 4) is 0 Å². The summed E-state index contributed by atoms with van der Waals surface area (Å²) in [6.07, 6.45) is 2.62. The van der Waals surface area contributed by atoms with Gasteiger partial charge in [0, 0.05) is 37.2 Å². The summed E-state index contributed by atoms with van der Waals surface area (Å²) in [7, 11) is 0. The van der Waals surface area contributed by atoms with Gasteiger partial charge in [0.2, 0.25) is 0 Å². The summed E-state index contributed by atoms with van der Waals surface area (Å²) in [4.78, 5) is 16.5. The summed E-state index contributed by atoms with van der Waals surface area (Å²) in [5.41, 5.74) is 0.602. The van der Waals surface area contributed by atoms with Gasteiger partial charge in [0.05, 0.1) is 10.7 Å². The molecular formula is C14H17Cl2N3O. The van der Waals surface area contributed by atoms with Gasteiger partial charge in [-0.2, -0.15) is 0 Å². The molecule has 108 valence electrons. The average molecular weight is 314 g/mol. The monoisotopic (exact) mass is 313 g/mol. The molecule has 0 bridgehead atoms. The minimum atomic E-state index is -0.0929. The van der Waals surface area contributed by atoms with E-state index in [4.69, 9.17) is 23.2 Å². The standard InChI is InChI=1S/C14H17Cl2N3O/c15-10-1-4-13(12(16)9-10)17-14(20)19-7-5-18(6-8-19)11-2-3-11/h1,4,9,11H,2-3,5-8H2,(H,17,20). The maximum atomic E-state index is 12.2. The molecule has 1 aliphatic heterocycles. The molecule has 1 aliphatic carbocycles. The average Bonchev–Trinajstić information content (AvgIpc) is 3.26. The largest absolute Gasteiger partial charge is 0.322 e. The van der Waals surface area contributed by atoms with Crippen molar-refractivity contribution in [2.75, 3.05) is 31.5 Å². The minimum Gasteiger partial charge on any atom is -0.322 e. The van der Waals surface area contributed by atoms with Gasteiger partial charge in [-0.25, -0.2) is 4.79 Å². The van der Waals surface area contributed by atoms with Gasteiger partial charge >= 0.3 is 6.03 Å². The third-order valence-corrected chi connectivity index (χ3v) is 4.39. The zero-order valence-corrected chi connectivity index (χ0v) is 12.6. The Balaban J connectivity index is 1.56. The van der Waals surface area contributed by atoms with Crippen molar-refractivity contribution in [3.05, 3.63) is 28.2 Å². The molecule has 3 rings (SSSR count). The molecule has 1 aromatic rings. The normalized spacial score (nSPS) is 20.0. The van der Waals surface area contributed by atoms with E-state index in [-0.39, 0.29) is 6.03 Å². The Morgan fingerprint density at radius 1 is 1.15 bits per heavy atom. The first kappa shape index (κ1) is 14.0. The molecular weight excluding hydrogens is 297 g/mol. The van der Waals surface area contributed by atoms with Crippen LogP contribution in [0.15, 0.2) is 18.2 Å². The van der Waals surface area contributed by atoms with E-state index >= 15 is 0 Å². The van der Waals surface area contributed by atoms with Crippen LogP contribution in [0, 0.1) is 0 Å². The highest BCUT2D eigenvalue weighted by atomic mass is 35.5. The van der Waals surface area contributed by atoms with E-state index in [0.29, 0.717) is 15.7 Å². The van der Waals surface area contributed by atoms with Crippen molar-refractivity contribution in [1.82, 2.24) is 9.80 Å². The number of hydrogen-bond donors (Lipinski definition) is 1. The molecule has 1 saturated carbocycles. The molecule has 6 heteroatoms. The number of halogens is 2. The van der Waals surface area contributed by atoms with Crippen LogP contribution in [0.3, 0.4) is 0 Å². The van der Waals surface area contributed by atoms with Gasteiger partial charge in [0.1, 0.15) is 0 Å². The predicted octanol–water partition coefficient (Wildman–Crippen LogP) is 3.31. The van der Waals surface area contributed by atoms with E-state index in [1.54, 1.807) is 18.2 Å². The Morgan fingerprint density at radius 3 is 2.45 bits per heavy atom. The lowest BCUT2D eigenvalue weighted by molar-refractivity contribution is 0.142. The summed E-state index contributed by atoms with van der Waals surface area (Å²) in [6, 6.07) is 5.75. The van der Waals surface area contributed by atoms with Gasteiger partial charge in [-0.15, -0.1) is 0 Å². The van der Waals surface area contributed by atoms with Gasteiger partial charge in [0.25, 0.3) is 0 Å². The van der Waals surface area contributed by atoms with E-state index in [1.165, 1.54) is 12.8 Å². The van der Waals surface area contributed by atoms with Gasteiger partial charge < -0.3 is 10.2 Å². The summed E-state index contributed by atoms with van der Waals surface area (Å²) in [6.45, 7) is 3.47. The molecule has 1 saturated heterocycles. The molecule has 20 heavy (non-hydrogen) atoms. The number of rotatable bonds is 2. The summed E-state index contributed by atoms with van der Waals surface area (Å²) in [5, 5.41) is 3.87. The van der Waals surface area contributed by atoms with Crippen LogP contribution in [0.4, 0.5) is 10.5 Å². The summed E-state index contributed by atoms with van der Waals surface area (Å²) < 4.78 is 0. The molecule has 0 aromatic heterocycles. The number of nitrogens with zero attached hydrogens (tertiary/aromatic N) is 2. The number of urea groups is 1. The lowest BCUT2D eigenvalue weighted by atomic mass is 10.3. The fourth-order valence-corrected chi connectivity index (χ4v) is 2.97. The highest BCUT2D eigenvalue weighted by Gasteiger charge is 2.32. The smallest absolute Gasteiger partial charge is 0.321 e. The van der Waals surface area contributed by atoms with Crippen LogP contribution in [0.25, 0.3) is 0 Å². The van der Waals surface area contributed by atoms with Crippen LogP contribution in [-0.4, -0.2) is 48.1 Å². The topological polar surface area (TPSA) is 35.6 Å². The number of benzene rings is 1. The maximum Gasteiger partial charge on any atom is 0.321 e. The van der Waals surface area contributed by atoms with E-state index in [0.717, 1.165) is 32.2 Å². The van der Waals surface area contributed by atoms with Gasteiger partial charge in [-0.05, 0) is 31.0 Å². The first-order valence-corrected chi connectivity index (χ1v) is 7.64. The van der Waals surface area contributed by atoms with Crippen LogP contribution in [0.1, 0.15) is 12.8 Å². The van der Waals surface area contributed by atoms with Crippen molar-refractivity contribution in [3.63, 3.8) is 0 Å². The Labute approximate surface area is 128 Å². The van der Waals surface area contributed by atoms with Crippen LogP contribution >= 0.6 is 23.2 Å². The lowest BCUT2D eigenvalue weighted by Gasteiger charge is -2.34. The fraction of sp³-hybridized carbons (Fsp3) is 0.500. The Morgan fingerprint density at radius 2 is 1.85 bits per heavy atom. The molecule has 0 atom stereocenters. The van der Waals surface area contributed by atoms with E-state index < -0.39 is 0 Å². The zero-order chi connectivity index (χ0) is 14.1. The lowest BCUT2D eigenvalue weighted by Crippen LogP contribution is -2.50. The number of anilines is 1. The number of carbonyl (C=O) groups excluding carboxylic acids is 1. The number of amides is 2. The van der Waals surface area contributed by atoms with Crippen molar-refractivity contribution in [1.29, 1.82) is 0 Å². The second kappa shape index (κ2) is 5.80. The van der Waals surface area contributed by atoms with Crippen molar-refractivity contribution >= 4 is 34.9 Å². The molecule has 2 amide bonds. The number of carbonyl (C=O) groups is 1. The summed E-state index contributed by atoms with van der Waals surface area (Å²) >= 11 is 11.9. The van der Waals surface area contributed by atoms with Gasteiger partial charge in [0.15, 0.2) is 0 Å². The molecule has 0 radical (unpaired) electrons. The number of piperazine rings is 1. The molecule has 1 aromatic carbocycles. The first-order valence-electron chi connectivity index (χ1n) is 6.88. The van der Waals surface area contributed by atoms with E-state index in [1.807, 2.05) is 4.90 Å². The molecule has 2 aliphatic rings. The SMILES string of the molecule is O=C(Nc1ccc(Cl)cc1Cl)N1CCN(C2CC2)CC1. The van der Waals surface area contributed by atoms with Crippen molar-refractivity contribution < 1.29 is 4.79 Å². The molecule has 4 nitrogen and oxygen atoms in total. The van der Waals surface area contributed by atoms with Crippen LogP contribution in [0.2, 0.25) is 10.0 Å². The number of nitrogens with one attached hydrogen (secondary N) is 1. The highest BCUT2D eigenvalue weighted by Crippen LogP contribution is 2.28. The van der Waals surface area contributed by atoms with Crippen LogP contribution in [-0.2, 0) is 0 Å². The quantitative estimate of drug-likeness (QED) is 0.909. The van der Waals surface area contributed by atoms with Gasteiger partial charge in [-0.1, -0.05) is 23.2 Å². The Bertz CT molecular complexity index is 511. The first-order chi connectivity index (χ1) is 9.63. The minimum absolute atomic E-state index is 0.0929. The molecule has 1 N–H and O–H groups in total. The second-order valence-corrected chi connectivity index (χ2v) is 6.15. The molecule has 0 unspecified atom stereocenters. The number of hydrogen-bond acceptors (Lipinski definition) is 2. The second-order valence-electron chi connectivity index (χ2n) is 5.31. The molecule has 0 spiro atoms. The third kappa shape index (κ3) is 3.19. The zero-order valence-electron chi connectivity index (χ0n) is 11.1. The Kier molecular flexibility index (Phi) is 4.06. The van der Waals surface area contributed by atoms with E-state index in [9.17, 15) is 4.79 Å². The highest BCUT2D eigenvalue weighted by molar-refractivity contribution is 6.36.